The van der Waals surface area contributed by atoms with E-state index in [1.165, 1.54) is 0 Å². The summed E-state index contributed by atoms with van der Waals surface area (Å²) < 4.78 is 5.72. The van der Waals surface area contributed by atoms with Crippen molar-refractivity contribution in [2.75, 3.05) is 0 Å². The molecular weight excluding hydrogens is 293 g/mol. The molecule has 0 heterocycles. The second-order valence-corrected chi connectivity index (χ2v) is 5.81. The maximum absolute atomic E-state index is 6.27. The summed E-state index contributed by atoms with van der Waals surface area (Å²) in [6.07, 6.45) is 2.69. The summed E-state index contributed by atoms with van der Waals surface area (Å²) in [4.78, 5) is 0. The first-order valence-electron chi connectivity index (χ1n) is 6.61. The highest BCUT2D eigenvalue weighted by atomic mass is 35.5. The van der Waals surface area contributed by atoms with Gasteiger partial charge >= 0.3 is 0 Å². The zero-order chi connectivity index (χ0) is 14.1. The third kappa shape index (κ3) is 2.93. The molecule has 2 aromatic carbocycles. The number of hydrogen-bond donors (Lipinski definition) is 1. The van der Waals surface area contributed by atoms with E-state index < -0.39 is 0 Å². The van der Waals surface area contributed by atoms with Crippen molar-refractivity contribution in [1.29, 1.82) is 0 Å². The SMILES string of the molecule is NC(c1ccc(OC2CC2)cc1)c1c(Cl)cccc1Cl. The van der Waals surface area contributed by atoms with Gasteiger partial charge in [0, 0.05) is 15.6 Å². The lowest BCUT2D eigenvalue weighted by Crippen LogP contribution is -2.13. The molecule has 0 aliphatic heterocycles. The van der Waals surface area contributed by atoms with Crippen LogP contribution in [0.2, 0.25) is 10.0 Å². The van der Waals surface area contributed by atoms with E-state index in [9.17, 15) is 0 Å². The largest absolute Gasteiger partial charge is 0.490 e. The van der Waals surface area contributed by atoms with E-state index in [1.807, 2.05) is 30.3 Å². The summed E-state index contributed by atoms with van der Waals surface area (Å²) in [6.45, 7) is 0. The first kappa shape index (κ1) is 13.7. The summed E-state index contributed by atoms with van der Waals surface area (Å²) in [5, 5.41) is 1.17. The third-order valence-electron chi connectivity index (χ3n) is 3.38. The fourth-order valence-electron chi connectivity index (χ4n) is 2.11. The van der Waals surface area contributed by atoms with Crippen LogP contribution < -0.4 is 10.5 Å². The Morgan fingerprint density at radius 2 is 1.60 bits per heavy atom. The number of ether oxygens (including phenoxy) is 1. The van der Waals surface area contributed by atoms with Crippen LogP contribution in [0.3, 0.4) is 0 Å². The topological polar surface area (TPSA) is 35.2 Å². The fraction of sp³-hybridized carbons (Fsp3) is 0.250. The van der Waals surface area contributed by atoms with Gasteiger partial charge in [-0.2, -0.15) is 0 Å². The molecule has 104 valence electrons. The number of nitrogens with two attached hydrogens (primary N) is 1. The second-order valence-electron chi connectivity index (χ2n) is 5.00. The van der Waals surface area contributed by atoms with Crippen LogP contribution in [-0.4, -0.2) is 6.10 Å². The Labute approximate surface area is 128 Å². The number of halogens is 2. The van der Waals surface area contributed by atoms with Crippen LogP contribution in [0.5, 0.6) is 5.75 Å². The molecule has 2 aromatic rings. The van der Waals surface area contributed by atoms with Crippen LogP contribution in [0.15, 0.2) is 42.5 Å². The molecule has 2 nitrogen and oxygen atoms in total. The maximum atomic E-state index is 6.27. The molecular formula is C16H15Cl2NO. The molecule has 0 bridgehead atoms. The van der Waals surface area contributed by atoms with Crippen LogP contribution >= 0.6 is 23.2 Å². The van der Waals surface area contributed by atoms with Gasteiger partial charge in [0.15, 0.2) is 0 Å². The van der Waals surface area contributed by atoms with E-state index in [0.717, 1.165) is 29.7 Å². The second kappa shape index (κ2) is 5.65. The van der Waals surface area contributed by atoms with Crippen molar-refractivity contribution in [2.24, 2.45) is 5.73 Å². The highest BCUT2D eigenvalue weighted by molar-refractivity contribution is 6.36. The van der Waals surface area contributed by atoms with Gasteiger partial charge in [0.25, 0.3) is 0 Å². The zero-order valence-electron chi connectivity index (χ0n) is 10.9. The number of hydrogen-bond acceptors (Lipinski definition) is 2. The molecule has 0 aromatic heterocycles. The first-order valence-corrected chi connectivity index (χ1v) is 7.37. The Bertz CT molecular complexity index is 588. The minimum absolute atomic E-state index is 0.342. The van der Waals surface area contributed by atoms with Crippen molar-refractivity contribution >= 4 is 23.2 Å². The van der Waals surface area contributed by atoms with Gasteiger partial charge in [0.05, 0.1) is 12.1 Å². The lowest BCUT2D eigenvalue weighted by molar-refractivity contribution is 0.303. The molecule has 1 fully saturated rings. The van der Waals surface area contributed by atoms with Crippen LogP contribution in [0, 0.1) is 0 Å². The minimum atomic E-state index is -0.342. The summed E-state index contributed by atoms with van der Waals surface area (Å²) in [5.41, 5.74) is 7.99. The Kier molecular flexibility index (Phi) is 3.88. The van der Waals surface area contributed by atoms with E-state index in [4.69, 9.17) is 33.7 Å². The monoisotopic (exact) mass is 307 g/mol. The smallest absolute Gasteiger partial charge is 0.119 e. The Balaban J connectivity index is 1.84. The van der Waals surface area contributed by atoms with E-state index in [0.29, 0.717) is 16.1 Å². The van der Waals surface area contributed by atoms with Crippen LogP contribution in [-0.2, 0) is 0 Å². The summed E-state index contributed by atoms with van der Waals surface area (Å²) in [6, 6.07) is 12.9. The van der Waals surface area contributed by atoms with Gasteiger partial charge in [-0.15, -0.1) is 0 Å². The fourth-order valence-corrected chi connectivity index (χ4v) is 2.74. The molecule has 0 amide bonds. The summed E-state index contributed by atoms with van der Waals surface area (Å²) in [7, 11) is 0. The highest BCUT2D eigenvalue weighted by Crippen LogP contribution is 2.33. The Hall–Kier alpha value is -1.22. The predicted octanol–water partition coefficient (Wildman–Crippen LogP) is 4.58. The van der Waals surface area contributed by atoms with Gasteiger partial charge in [0.1, 0.15) is 5.75 Å². The Morgan fingerprint density at radius 1 is 1.00 bits per heavy atom. The van der Waals surface area contributed by atoms with Crippen molar-refractivity contribution < 1.29 is 4.74 Å². The standard InChI is InChI=1S/C16H15Cl2NO/c17-13-2-1-3-14(18)15(13)16(19)10-4-6-11(7-5-10)20-12-8-9-12/h1-7,12,16H,8-9,19H2. The van der Waals surface area contributed by atoms with Gasteiger partial charge in [-0.1, -0.05) is 41.4 Å². The molecule has 0 saturated heterocycles. The molecule has 1 saturated carbocycles. The average Bonchev–Trinajstić information content (AvgIpc) is 3.23. The van der Waals surface area contributed by atoms with Gasteiger partial charge < -0.3 is 10.5 Å². The predicted molar refractivity (Wildman–Crippen MR) is 82.6 cm³/mol. The van der Waals surface area contributed by atoms with Gasteiger partial charge in [-0.3, -0.25) is 0 Å². The summed E-state index contributed by atoms with van der Waals surface area (Å²) >= 11 is 12.4. The summed E-state index contributed by atoms with van der Waals surface area (Å²) in [5.74, 6) is 0.883. The van der Waals surface area contributed by atoms with Crippen LogP contribution in [0.1, 0.15) is 30.0 Å². The van der Waals surface area contributed by atoms with Gasteiger partial charge in [-0.05, 0) is 42.7 Å². The van der Waals surface area contributed by atoms with Gasteiger partial charge in [0.2, 0.25) is 0 Å². The molecule has 2 N–H and O–H groups in total. The van der Waals surface area contributed by atoms with Crippen molar-refractivity contribution in [1.82, 2.24) is 0 Å². The van der Waals surface area contributed by atoms with Gasteiger partial charge in [-0.25, -0.2) is 0 Å². The zero-order valence-corrected chi connectivity index (χ0v) is 12.4. The molecule has 1 aliphatic carbocycles. The van der Waals surface area contributed by atoms with E-state index in [2.05, 4.69) is 0 Å². The van der Waals surface area contributed by atoms with Crippen molar-refractivity contribution in [2.45, 2.75) is 25.0 Å². The van der Waals surface area contributed by atoms with Crippen LogP contribution in [0.25, 0.3) is 0 Å². The molecule has 0 radical (unpaired) electrons. The normalized spacial score (nSPS) is 15.9. The number of rotatable bonds is 4. The first-order chi connectivity index (χ1) is 9.65. The van der Waals surface area contributed by atoms with E-state index in [1.54, 1.807) is 12.1 Å². The molecule has 0 spiro atoms. The number of benzene rings is 2. The van der Waals surface area contributed by atoms with E-state index in [-0.39, 0.29) is 6.04 Å². The van der Waals surface area contributed by atoms with Crippen molar-refractivity contribution in [3.63, 3.8) is 0 Å². The maximum Gasteiger partial charge on any atom is 0.119 e. The van der Waals surface area contributed by atoms with E-state index >= 15 is 0 Å². The average molecular weight is 308 g/mol. The third-order valence-corrected chi connectivity index (χ3v) is 4.04. The molecule has 1 atom stereocenters. The molecule has 3 rings (SSSR count). The minimum Gasteiger partial charge on any atom is -0.490 e. The lowest BCUT2D eigenvalue weighted by atomic mass is 9.99. The quantitative estimate of drug-likeness (QED) is 0.897. The lowest BCUT2D eigenvalue weighted by Gasteiger charge is -2.16. The molecule has 4 heteroatoms. The van der Waals surface area contributed by atoms with Crippen molar-refractivity contribution in [3.8, 4) is 5.75 Å². The van der Waals surface area contributed by atoms with Crippen molar-refractivity contribution in [3.05, 3.63) is 63.6 Å². The Morgan fingerprint density at radius 3 is 2.15 bits per heavy atom. The molecule has 1 unspecified atom stereocenters. The molecule has 20 heavy (non-hydrogen) atoms. The molecule has 1 aliphatic rings. The highest BCUT2D eigenvalue weighted by Gasteiger charge is 2.23. The van der Waals surface area contributed by atoms with Crippen LogP contribution in [0.4, 0.5) is 0 Å².